The first kappa shape index (κ1) is 15.9. The Balaban J connectivity index is 2.44. The highest BCUT2D eigenvalue weighted by Gasteiger charge is 2.44. The fraction of sp³-hybridized carbons (Fsp3) is 0.467. The van der Waals surface area contributed by atoms with E-state index in [2.05, 4.69) is 0 Å². The van der Waals surface area contributed by atoms with Crippen LogP contribution in [0.15, 0.2) is 24.3 Å². The van der Waals surface area contributed by atoms with Gasteiger partial charge in [0.25, 0.3) is 11.6 Å². The third-order valence-corrected chi connectivity index (χ3v) is 4.13. The van der Waals surface area contributed by atoms with Crippen molar-refractivity contribution in [2.45, 2.75) is 32.7 Å². The molecule has 1 atom stereocenters. The SMILES string of the molecule is CC1(C)CCCN(C(=O)c2ccccc2[N+](=O)[O-])C1C(N)=O. The number of piperidine rings is 1. The molecule has 1 saturated heterocycles. The first-order valence-electron chi connectivity index (χ1n) is 7.09. The van der Waals surface area contributed by atoms with Crippen LogP contribution in [0.25, 0.3) is 0 Å². The predicted octanol–water partition coefficient (Wildman–Crippen LogP) is 1.71. The van der Waals surface area contributed by atoms with E-state index in [0.717, 1.165) is 12.8 Å². The highest BCUT2D eigenvalue weighted by Crippen LogP contribution is 2.36. The van der Waals surface area contributed by atoms with Crippen LogP contribution in [0.3, 0.4) is 0 Å². The molecule has 1 aromatic rings. The van der Waals surface area contributed by atoms with Crippen LogP contribution in [0.5, 0.6) is 0 Å². The van der Waals surface area contributed by atoms with Crippen LogP contribution in [0, 0.1) is 15.5 Å². The molecule has 2 N–H and O–H groups in total. The third-order valence-electron chi connectivity index (χ3n) is 4.13. The van der Waals surface area contributed by atoms with Gasteiger partial charge in [0.15, 0.2) is 0 Å². The largest absolute Gasteiger partial charge is 0.368 e. The smallest absolute Gasteiger partial charge is 0.282 e. The molecule has 1 aliphatic heterocycles. The van der Waals surface area contributed by atoms with Gasteiger partial charge in [-0.2, -0.15) is 0 Å². The highest BCUT2D eigenvalue weighted by atomic mass is 16.6. The first-order chi connectivity index (χ1) is 10.3. The lowest BCUT2D eigenvalue weighted by Gasteiger charge is -2.44. The molecule has 1 heterocycles. The van der Waals surface area contributed by atoms with Crippen LogP contribution in [0.4, 0.5) is 5.69 Å². The zero-order valence-corrected chi connectivity index (χ0v) is 12.6. The summed E-state index contributed by atoms with van der Waals surface area (Å²) in [5.41, 5.74) is 4.74. The summed E-state index contributed by atoms with van der Waals surface area (Å²) in [6.45, 7) is 4.12. The number of nitro benzene ring substituents is 1. The molecule has 0 spiro atoms. The van der Waals surface area contributed by atoms with Crippen molar-refractivity contribution < 1.29 is 14.5 Å². The second-order valence-electron chi connectivity index (χ2n) is 6.17. The number of hydrogen-bond donors (Lipinski definition) is 1. The van der Waals surface area contributed by atoms with Gasteiger partial charge < -0.3 is 10.6 Å². The number of nitrogens with zero attached hydrogens (tertiary/aromatic N) is 2. The summed E-state index contributed by atoms with van der Waals surface area (Å²) in [4.78, 5) is 36.4. The molecule has 0 aliphatic carbocycles. The van der Waals surface area contributed by atoms with E-state index in [1.165, 1.54) is 23.1 Å². The maximum Gasteiger partial charge on any atom is 0.282 e. The van der Waals surface area contributed by atoms with Crippen LogP contribution < -0.4 is 5.73 Å². The van der Waals surface area contributed by atoms with Gasteiger partial charge in [-0.1, -0.05) is 26.0 Å². The fourth-order valence-corrected chi connectivity index (χ4v) is 3.12. The molecule has 0 radical (unpaired) electrons. The van der Waals surface area contributed by atoms with Crippen molar-refractivity contribution >= 4 is 17.5 Å². The summed E-state index contributed by atoms with van der Waals surface area (Å²) in [5.74, 6) is -1.11. The number of carbonyl (C=O) groups is 2. The lowest BCUT2D eigenvalue weighted by molar-refractivity contribution is -0.385. The van der Waals surface area contributed by atoms with Crippen molar-refractivity contribution in [3.63, 3.8) is 0 Å². The fourth-order valence-electron chi connectivity index (χ4n) is 3.12. The molecule has 7 nitrogen and oxygen atoms in total. The van der Waals surface area contributed by atoms with Gasteiger partial charge in [-0.05, 0) is 24.3 Å². The van der Waals surface area contributed by atoms with E-state index in [0.29, 0.717) is 6.54 Å². The molecule has 22 heavy (non-hydrogen) atoms. The monoisotopic (exact) mass is 305 g/mol. The van der Waals surface area contributed by atoms with Crippen molar-refractivity contribution in [2.75, 3.05) is 6.54 Å². The molecule has 0 aromatic heterocycles. The van der Waals surface area contributed by atoms with Crippen LogP contribution in [-0.4, -0.2) is 34.2 Å². The molecule has 2 amide bonds. The first-order valence-corrected chi connectivity index (χ1v) is 7.09. The number of rotatable bonds is 3. The van der Waals surface area contributed by atoms with Crippen molar-refractivity contribution in [3.05, 3.63) is 39.9 Å². The number of primary amides is 1. The molecular formula is C15H19N3O4. The Hall–Kier alpha value is -2.44. The van der Waals surface area contributed by atoms with Crippen LogP contribution >= 0.6 is 0 Å². The van der Waals surface area contributed by atoms with Gasteiger partial charge >= 0.3 is 0 Å². The number of likely N-dealkylation sites (tertiary alicyclic amines) is 1. The molecule has 1 aliphatic rings. The van der Waals surface area contributed by atoms with E-state index in [1.54, 1.807) is 6.07 Å². The number of nitrogens with two attached hydrogens (primary N) is 1. The minimum Gasteiger partial charge on any atom is -0.368 e. The number of carbonyl (C=O) groups excluding carboxylic acids is 2. The van der Waals surface area contributed by atoms with Crippen LogP contribution in [0.1, 0.15) is 37.0 Å². The molecule has 118 valence electrons. The van der Waals surface area contributed by atoms with Gasteiger partial charge in [0, 0.05) is 12.6 Å². The van der Waals surface area contributed by atoms with E-state index in [9.17, 15) is 19.7 Å². The van der Waals surface area contributed by atoms with Crippen molar-refractivity contribution in [3.8, 4) is 0 Å². The van der Waals surface area contributed by atoms with Crippen LogP contribution in [-0.2, 0) is 4.79 Å². The van der Waals surface area contributed by atoms with E-state index in [4.69, 9.17) is 5.73 Å². The molecule has 1 unspecified atom stereocenters. The molecule has 0 bridgehead atoms. The van der Waals surface area contributed by atoms with Gasteiger partial charge in [-0.15, -0.1) is 0 Å². The molecule has 1 aromatic carbocycles. The van der Waals surface area contributed by atoms with Gasteiger partial charge in [-0.25, -0.2) is 0 Å². The maximum absolute atomic E-state index is 12.7. The quantitative estimate of drug-likeness (QED) is 0.677. The summed E-state index contributed by atoms with van der Waals surface area (Å²) < 4.78 is 0. The van der Waals surface area contributed by atoms with Gasteiger partial charge in [0.2, 0.25) is 5.91 Å². The number of nitro groups is 1. The number of para-hydroxylation sites is 1. The molecule has 7 heteroatoms. The average Bonchev–Trinajstić information content (AvgIpc) is 2.44. The Bertz CT molecular complexity index is 627. The topological polar surface area (TPSA) is 107 Å². The Morgan fingerprint density at radius 3 is 2.59 bits per heavy atom. The molecule has 2 rings (SSSR count). The summed E-state index contributed by atoms with van der Waals surface area (Å²) in [7, 11) is 0. The normalized spacial score (nSPS) is 20.5. The van der Waals surface area contributed by atoms with E-state index < -0.39 is 28.2 Å². The van der Waals surface area contributed by atoms with Crippen molar-refractivity contribution in [1.29, 1.82) is 0 Å². The zero-order chi connectivity index (χ0) is 16.5. The van der Waals surface area contributed by atoms with Crippen molar-refractivity contribution in [2.24, 2.45) is 11.1 Å². The Labute approximate surface area is 128 Å². The summed E-state index contributed by atoms with van der Waals surface area (Å²) in [5, 5.41) is 11.1. The third kappa shape index (κ3) is 2.79. The van der Waals surface area contributed by atoms with Gasteiger partial charge in [0.1, 0.15) is 11.6 Å². The average molecular weight is 305 g/mol. The van der Waals surface area contributed by atoms with E-state index >= 15 is 0 Å². The summed E-state index contributed by atoms with van der Waals surface area (Å²) >= 11 is 0. The van der Waals surface area contributed by atoms with Gasteiger partial charge in [0.05, 0.1) is 4.92 Å². The molecular weight excluding hydrogens is 286 g/mol. The second-order valence-corrected chi connectivity index (χ2v) is 6.17. The number of hydrogen-bond acceptors (Lipinski definition) is 4. The summed E-state index contributed by atoms with van der Waals surface area (Å²) in [6.07, 6.45) is 1.49. The highest BCUT2D eigenvalue weighted by molar-refractivity contribution is 6.00. The molecule has 1 fully saturated rings. The second kappa shape index (κ2) is 5.75. The minimum absolute atomic E-state index is 0.0172. The Kier molecular flexibility index (Phi) is 4.16. The van der Waals surface area contributed by atoms with Crippen molar-refractivity contribution in [1.82, 2.24) is 4.90 Å². The Morgan fingerprint density at radius 2 is 2.00 bits per heavy atom. The van der Waals surface area contributed by atoms with Crippen LogP contribution in [0.2, 0.25) is 0 Å². The lowest BCUT2D eigenvalue weighted by Crippen LogP contribution is -2.58. The standard InChI is InChI=1S/C15H19N3O4/c1-15(2)8-5-9-17(12(15)13(16)19)14(20)10-6-3-4-7-11(10)18(21)22/h3-4,6-7,12H,5,8-9H2,1-2H3,(H2,16,19). The lowest BCUT2D eigenvalue weighted by atomic mass is 9.76. The maximum atomic E-state index is 12.7. The summed E-state index contributed by atoms with van der Waals surface area (Å²) in [6, 6.07) is 4.98. The van der Waals surface area contributed by atoms with Gasteiger partial charge in [-0.3, -0.25) is 19.7 Å². The number of amides is 2. The zero-order valence-electron chi connectivity index (χ0n) is 12.6. The molecule has 0 saturated carbocycles. The Morgan fingerprint density at radius 1 is 1.36 bits per heavy atom. The number of benzene rings is 1. The van der Waals surface area contributed by atoms with E-state index in [-0.39, 0.29) is 11.3 Å². The predicted molar refractivity (Wildman–Crippen MR) is 80.1 cm³/mol. The van der Waals surface area contributed by atoms with E-state index in [1.807, 2.05) is 13.8 Å². The minimum atomic E-state index is -0.770.